The van der Waals surface area contributed by atoms with Gasteiger partial charge in [0, 0.05) is 17.1 Å². The van der Waals surface area contributed by atoms with Crippen LogP contribution < -0.4 is 4.74 Å². The maximum Gasteiger partial charge on any atom is 0.190 e. The molecule has 0 saturated carbocycles. The molecule has 0 amide bonds. The summed E-state index contributed by atoms with van der Waals surface area (Å²) in [6.45, 7) is 8.98. The van der Waals surface area contributed by atoms with Crippen LogP contribution >= 0.6 is 0 Å². The van der Waals surface area contributed by atoms with Crippen molar-refractivity contribution in [2.75, 3.05) is 0 Å². The smallest absolute Gasteiger partial charge is 0.190 e. The highest BCUT2D eigenvalue weighted by molar-refractivity contribution is 5.85. The molecule has 1 heterocycles. The number of aromatic nitrogens is 1. The van der Waals surface area contributed by atoms with E-state index in [0.717, 1.165) is 22.3 Å². The Hall–Kier alpha value is -2.86. The van der Waals surface area contributed by atoms with Crippen molar-refractivity contribution in [3.05, 3.63) is 71.7 Å². The molecule has 0 radical (unpaired) electrons. The highest BCUT2D eigenvalue weighted by atomic mass is 16.5. The fourth-order valence-electron chi connectivity index (χ4n) is 2.10. The molecule has 0 aliphatic carbocycles. The fourth-order valence-corrected chi connectivity index (χ4v) is 2.10. The number of hydrogen-bond acceptors (Lipinski definition) is 2. The van der Waals surface area contributed by atoms with Crippen molar-refractivity contribution in [3.8, 4) is 11.5 Å². The van der Waals surface area contributed by atoms with Gasteiger partial charge in [0.15, 0.2) is 5.69 Å². The molecule has 20 heavy (non-hydrogen) atoms. The van der Waals surface area contributed by atoms with E-state index in [1.807, 2.05) is 49.4 Å². The summed E-state index contributed by atoms with van der Waals surface area (Å²) in [7, 11) is 0. The highest BCUT2D eigenvalue weighted by Gasteiger charge is 2.06. The standard InChI is InChI=1S/C17H12N2O/c1-12-10-17(15-8-3-4-9-16(15)19-12)20-14-7-5-6-13(11-14)18-2/h3-11H,1H3. The molecule has 96 valence electrons. The van der Waals surface area contributed by atoms with Crippen LogP contribution in [0, 0.1) is 13.5 Å². The Kier molecular flexibility index (Phi) is 3.06. The van der Waals surface area contributed by atoms with Gasteiger partial charge in [0.1, 0.15) is 11.5 Å². The topological polar surface area (TPSA) is 26.5 Å². The molecule has 2 aromatic carbocycles. The first-order valence-electron chi connectivity index (χ1n) is 6.28. The van der Waals surface area contributed by atoms with Crippen LogP contribution in [0.5, 0.6) is 11.5 Å². The van der Waals surface area contributed by atoms with Crippen molar-refractivity contribution < 1.29 is 4.74 Å². The highest BCUT2D eigenvalue weighted by Crippen LogP contribution is 2.31. The summed E-state index contributed by atoms with van der Waals surface area (Å²) in [6.07, 6.45) is 0. The van der Waals surface area contributed by atoms with Crippen LogP contribution in [0.25, 0.3) is 15.7 Å². The van der Waals surface area contributed by atoms with Gasteiger partial charge in [-0.2, -0.15) is 0 Å². The Balaban J connectivity index is 2.08. The molecule has 1 aromatic heterocycles. The molecule has 0 saturated heterocycles. The summed E-state index contributed by atoms with van der Waals surface area (Å²) in [5.41, 5.74) is 2.38. The Morgan fingerprint density at radius 2 is 1.90 bits per heavy atom. The molecule has 0 unspecified atom stereocenters. The van der Waals surface area contributed by atoms with Crippen molar-refractivity contribution in [2.24, 2.45) is 0 Å². The van der Waals surface area contributed by atoms with Gasteiger partial charge in [-0.15, -0.1) is 0 Å². The average Bonchev–Trinajstić information content (AvgIpc) is 2.47. The van der Waals surface area contributed by atoms with E-state index in [4.69, 9.17) is 11.3 Å². The third-order valence-electron chi connectivity index (χ3n) is 2.98. The zero-order chi connectivity index (χ0) is 13.9. The predicted octanol–water partition coefficient (Wildman–Crippen LogP) is 4.89. The van der Waals surface area contributed by atoms with Crippen LogP contribution in [0.15, 0.2) is 54.6 Å². The van der Waals surface area contributed by atoms with E-state index in [2.05, 4.69) is 9.83 Å². The van der Waals surface area contributed by atoms with Crippen molar-refractivity contribution in [1.29, 1.82) is 0 Å². The lowest BCUT2D eigenvalue weighted by atomic mass is 10.2. The summed E-state index contributed by atoms with van der Waals surface area (Å²) in [5, 5.41) is 0.964. The maximum absolute atomic E-state index is 7.04. The zero-order valence-electron chi connectivity index (χ0n) is 11.0. The second-order valence-electron chi connectivity index (χ2n) is 4.49. The molecule has 0 aliphatic rings. The van der Waals surface area contributed by atoms with Crippen LogP contribution in [0.2, 0.25) is 0 Å². The largest absolute Gasteiger partial charge is 0.458 e. The first-order valence-corrected chi connectivity index (χ1v) is 6.28. The molecule has 3 nitrogen and oxygen atoms in total. The van der Waals surface area contributed by atoms with E-state index in [1.54, 1.807) is 12.1 Å². The van der Waals surface area contributed by atoms with Gasteiger partial charge in [0.05, 0.1) is 12.1 Å². The summed E-state index contributed by atoms with van der Waals surface area (Å²) in [4.78, 5) is 7.89. The van der Waals surface area contributed by atoms with Gasteiger partial charge >= 0.3 is 0 Å². The Morgan fingerprint density at radius 1 is 1.05 bits per heavy atom. The second kappa shape index (κ2) is 5.02. The Labute approximate surface area is 117 Å². The predicted molar refractivity (Wildman–Crippen MR) is 79.3 cm³/mol. The third kappa shape index (κ3) is 2.32. The van der Waals surface area contributed by atoms with Gasteiger partial charge in [0.2, 0.25) is 0 Å². The second-order valence-corrected chi connectivity index (χ2v) is 4.49. The number of nitrogens with zero attached hydrogens (tertiary/aromatic N) is 2. The number of hydrogen-bond donors (Lipinski definition) is 0. The van der Waals surface area contributed by atoms with E-state index in [-0.39, 0.29) is 0 Å². The molecule has 0 fully saturated rings. The van der Waals surface area contributed by atoms with E-state index in [0.29, 0.717) is 11.4 Å². The number of fused-ring (bicyclic) bond motifs is 1. The van der Waals surface area contributed by atoms with E-state index < -0.39 is 0 Å². The minimum Gasteiger partial charge on any atom is -0.458 e. The molecular formula is C17H12N2O. The molecule has 0 bridgehead atoms. The van der Waals surface area contributed by atoms with Crippen LogP contribution in [0.1, 0.15) is 5.69 Å². The van der Waals surface area contributed by atoms with Crippen molar-refractivity contribution in [1.82, 2.24) is 4.98 Å². The SMILES string of the molecule is [C-]#[N+]c1cccc(Oc2cc(C)nc3ccccc23)c1. The number of pyridine rings is 1. The number of benzene rings is 2. The first-order chi connectivity index (χ1) is 9.76. The monoisotopic (exact) mass is 260 g/mol. The maximum atomic E-state index is 7.04. The van der Waals surface area contributed by atoms with Gasteiger partial charge in [-0.05, 0) is 31.2 Å². The number of para-hydroxylation sites is 1. The van der Waals surface area contributed by atoms with Crippen LogP contribution in [0.3, 0.4) is 0 Å². The lowest BCUT2D eigenvalue weighted by Gasteiger charge is -2.10. The zero-order valence-corrected chi connectivity index (χ0v) is 11.0. The molecule has 0 N–H and O–H groups in total. The molecule has 0 atom stereocenters. The molecular weight excluding hydrogens is 248 g/mol. The summed E-state index contributed by atoms with van der Waals surface area (Å²) in [6, 6.07) is 16.9. The fraction of sp³-hybridized carbons (Fsp3) is 0.0588. The summed E-state index contributed by atoms with van der Waals surface area (Å²) in [5.74, 6) is 1.42. The third-order valence-corrected chi connectivity index (χ3v) is 2.98. The first kappa shape index (κ1) is 12.2. The van der Waals surface area contributed by atoms with Gasteiger partial charge in [-0.25, -0.2) is 4.85 Å². The molecule has 0 spiro atoms. The van der Waals surface area contributed by atoms with Crippen LogP contribution in [0.4, 0.5) is 5.69 Å². The normalized spacial score (nSPS) is 10.2. The van der Waals surface area contributed by atoms with E-state index in [1.165, 1.54) is 0 Å². The minimum atomic E-state index is 0.567. The van der Waals surface area contributed by atoms with Gasteiger partial charge in [0.25, 0.3) is 0 Å². The quantitative estimate of drug-likeness (QED) is 0.613. The van der Waals surface area contributed by atoms with Gasteiger partial charge in [-0.1, -0.05) is 24.3 Å². The Bertz CT molecular complexity index is 819. The van der Waals surface area contributed by atoms with E-state index in [9.17, 15) is 0 Å². The van der Waals surface area contributed by atoms with Gasteiger partial charge < -0.3 is 4.74 Å². The summed E-state index contributed by atoms with van der Waals surface area (Å²) >= 11 is 0. The molecule has 3 rings (SSSR count). The van der Waals surface area contributed by atoms with Gasteiger partial charge in [-0.3, -0.25) is 4.98 Å². The number of rotatable bonds is 2. The number of ether oxygens (including phenoxy) is 1. The number of aryl methyl sites for hydroxylation is 1. The van der Waals surface area contributed by atoms with E-state index >= 15 is 0 Å². The summed E-state index contributed by atoms with van der Waals surface area (Å²) < 4.78 is 5.93. The van der Waals surface area contributed by atoms with Crippen molar-refractivity contribution in [3.63, 3.8) is 0 Å². The lowest BCUT2D eigenvalue weighted by molar-refractivity contribution is 0.488. The Morgan fingerprint density at radius 3 is 2.75 bits per heavy atom. The molecule has 0 aliphatic heterocycles. The minimum absolute atomic E-state index is 0.567. The van der Waals surface area contributed by atoms with Crippen LogP contribution in [-0.4, -0.2) is 4.98 Å². The van der Waals surface area contributed by atoms with Crippen LogP contribution in [-0.2, 0) is 0 Å². The van der Waals surface area contributed by atoms with Crippen molar-refractivity contribution >= 4 is 16.6 Å². The lowest BCUT2D eigenvalue weighted by Crippen LogP contribution is -1.90. The average molecular weight is 260 g/mol. The molecule has 3 aromatic rings. The molecule has 3 heteroatoms. The van der Waals surface area contributed by atoms with Crippen molar-refractivity contribution in [2.45, 2.75) is 6.92 Å².